The number of ether oxygens (including phenoxy) is 1. The minimum atomic E-state index is 0.159. The number of hydrogen-bond acceptors (Lipinski definition) is 4. The molecule has 0 bridgehead atoms. The summed E-state index contributed by atoms with van der Waals surface area (Å²) in [6.45, 7) is 5.40. The van der Waals surface area contributed by atoms with Crippen LogP contribution in [0.1, 0.15) is 24.0 Å². The standard InChI is InChI=1S/C26H36N4O/c1-28(2)26(22-8-6-5-7-9-22)12-14-30(15-13-26)17-16-29(3)20-21-19-27-25-11-10-23(31-4)18-24(21)25/h5-11,18-19,27H,12-17,20H2,1-4H3. The summed E-state index contributed by atoms with van der Waals surface area (Å²) in [7, 11) is 8.40. The van der Waals surface area contributed by atoms with Gasteiger partial charge in [0.15, 0.2) is 0 Å². The van der Waals surface area contributed by atoms with Crippen LogP contribution in [0.3, 0.4) is 0 Å². The molecule has 0 amide bonds. The average molecular weight is 421 g/mol. The molecule has 166 valence electrons. The number of aromatic nitrogens is 1. The van der Waals surface area contributed by atoms with Gasteiger partial charge in [-0.25, -0.2) is 0 Å². The lowest BCUT2D eigenvalue weighted by Crippen LogP contribution is -2.51. The number of likely N-dealkylation sites (N-methyl/N-ethyl adjacent to an activating group) is 1. The van der Waals surface area contributed by atoms with Crippen molar-refractivity contribution in [2.75, 3.05) is 54.4 Å². The number of H-pyrrole nitrogens is 1. The molecular weight excluding hydrogens is 384 g/mol. The number of hydrogen-bond donors (Lipinski definition) is 1. The first-order valence-corrected chi connectivity index (χ1v) is 11.3. The Morgan fingerprint density at radius 3 is 2.45 bits per heavy atom. The summed E-state index contributed by atoms with van der Waals surface area (Å²) < 4.78 is 5.41. The van der Waals surface area contributed by atoms with Gasteiger partial charge >= 0.3 is 0 Å². The van der Waals surface area contributed by atoms with Crippen molar-refractivity contribution in [1.29, 1.82) is 0 Å². The van der Waals surface area contributed by atoms with Crippen LogP contribution >= 0.6 is 0 Å². The number of piperidine rings is 1. The van der Waals surface area contributed by atoms with Gasteiger partial charge in [0.05, 0.1) is 7.11 Å². The Kier molecular flexibility index (Phi) is 6.65. The van der Waals surface area contributed by atoms with Gasteiger partial charge in [0.2, 0.25) is 0 Å². The van der Waals surface area contributed by atoms with Crippen LogP contribution in [0.25, 0.3) is 10.9 Å². The van der Waals surface area contributed by atoms with E-state index in [9.17, 15) is 0 Å². The third kappa shape index (κ3) is 4.64. The van der Waals surface area contributed by atoms with Crippen LogP contribution in [0.5, 0.6) is 5.75 Å². The molecule has 1 fully saturated rings. The van der Waals surface area contributed by atoms with E-state index in [1.54, 1.807) is 7.11 Å². The summed E-state index contributed by atoms with van der Waals surface area (Å²) in [4.78, 5) is 10.9. The number of rotatable bonds is 8. The molecule has 1 N–H and O–H groups in total. The summed E-state index contributed by atoms with van der Waals surface area (Å²) in [5.74, 6) is 0.909. The highest BCUT2D eigenvalue weighted by Gasteiger charge is 2.37. The summed E-state index contributed by atoms with van der Waals surface area (Å²) in [6, 6.07) is 17.3. The van der Waals surface area contributed by atoms with Crippen LogP contribution < -0.4 is 4.74 Å². The van der Waals surface area contributed by atoms with Crippen molar-refractivity contribution in [3.8, 4) is 5.75 Å². The molecule has 5 nitrogen and oxygen atoms in total. The average Bonchev–Trinajstić information content (AvgIpc) is 3.20. The van der Waals surface area contributed by atoms with E-state index in [-0.39, 0.29) is 5.54 Å². The van der Waals surface area contributed by atoms with Crippen LogP contribution in [-0.4, -0.2) is 74.1 Å². The van der Waals surface area contributed by atoms with E-state index in [2.05, 4.69) is 89.5 Å². The highest BCUT2D eigenvalue weighted by atomic mass is 16.5. The molecule has 1 aromatic heterocycles. The van der Waals surface area contributed by atoms with Crippen LogP contribution in [0.15, 0.2) is 54.7 Å². The van der Waals surface area contributed by atoms with Crippen LogP contribution in [-0.2, 0) is 12.1 Å². The van der Waals surface area contributed by atoms with E-state index < -0.39 is 0 Å². The van der Waals surface area contributed by atoms with Crippen molar-refractivity contribution in [2.24, 2.45) is 0 Å². The SMILES string of the molecule is COc1ccc2[nH]cc(CN(C)CCN3CCC(c4ccccc4)(N(C)C)CC3)c2c1. The van der Waals surface area contributed by atoms with E-state index in [1.165, 1.54) is 34.9 Å². The quantitative estimate of drug-likeness (QED) is 0.593. The molecule has 0 radical (unpaired) electrons. The maximum absolute atomic E-state index is 5.41. The lowest BCUT2D eigenvalue weighted by Gasteiger charge is -2.47. The molecule has 1 aliphatic rings. The molecule has 1 aliphatic heterocycles. The van der Waals surface area contributed by atoms with Crippen molar-refractivity contribution in [3.63, 3.8) is 0 Å². The number of fused-ring (bicyclic) bond motifs is 1. The minimum absolute atomic E-state index is 0.159. The predicted octanol–water partition coefficient (Wildman–Crippen LogP) is 4.16. The lowest BCUT2D eigenvalue weighted by atomic mass is 9.80. The topological polar surface area (TPSA) is 34.7 Å². The fourth-order valence-corrected chi connectivity index (χ4v) is 4.99. The smallest absolute Gasteiger partial charge is 0.119 e. The molecule has 5 heteroatoms. The monoisotopic (exact) mass is 420 g/mol. The maximum atomic E-state index is 5.41. The Balaban J connectivity index is 1.32. The number of methoxy groups -OCH3 is 1. The highest BCUT2D eigenvalue weighted by Crippen LogP contribution is 2.37. The zero-order valence-electron chi connectivity index (χ0n) is 19.4. The Bertz CT molecular complexity index is 973. The molecule has 1 saturated heterocycles. The second kappa shape index (κ2) is 9.43. The number of aromatic amines is 1. The number of benzene rings is 2. The fourth-order valence-electron chi connectivity index (χ4n) is 4.99. The first-order valence-electron chi connectivity index (χ1n) is 11.3. The van der Waals surface area contributed by atoms with Gasteiger partial charge in [0.25, 0.3) is 0 Å². The third-order valence-electron chi connectivity index (χ3n) is 7.06. The molecule has 2 heterocycles. The van der Waals surface area contributed by atoms with E-state index in [0.29, 0.717) is 0 Å². The summed E-state index contributed by atoms with van der Waals surface area (Å²) >= 11 is 0. The molecule has 0 saturated carbocycles. The first-order chi connectivity index (χ1) is 15.0. The number of nitrogens with zero attached hydrogens (tertiary/aromatic N) is 3. The molecule has 4 rings (SSSR count). The van der Waals surface area contributed by atoms with Crippen LogP contribution in [0.2, 0.25) is 0 Å². The van der Waals surface area contributed by atoms with E-state index in [0.717, 1.165) is 38.5 Å². The fraction of sp³-hybridized carbons (Fsp3) is 0.462. The molecule has 0 aliphatic carbocycles. The molecule has 0 spiro atoms. The predicted molar refractivity (Wildman–Crippen MR) is 129 cm³/mol. The summed E-state index contributed by atoms with van der Waals surface area (Å²) in [6.07, 6.45) is 4.48. The van der Waals surface area contributed by atoms with Gasteiger partial charge in [-0.2, -0.15) is 0 Å². The maximum Gasteiger partial charge on any atom is 0.119 e. The third-order valence-corrected chi connectivity index (χ3v) is 7.06. The van der Waals surface area contributed by atoms with Gasteiger partial charge < -0.3 is 19.5 Å². The Labute approximate surface area is 186 Å². The summed E-state index contributed by atoms with van der Waals surface area (Å²) in [5, 5.41) is 1.25. The van der Waals surface area contributed by atoms with Crippen molar-refractivity contribution in [3.05, 3.63) is 65.9 Å². The molecule has 3 aromatic rings. The van der Waals surface area contributed by atoms with Gasteiger partial charge in [-0.3, -0.25) is 4.90 Å². The zero-order chi connectivity index (χ0) is 21.8. The summed E-state index contributed by atoms with van der Waals surface area (Å²) in [5.41, 5.74) is 4.10. The molecular formula is C26H36N4O. The second-order valence-corrected chi connectivity index (χ2v) is 9.10. The minimum Gasteiger partial charge on any atom is -0.497 e. The van der Waals surface area contributed by atoms with Gasteiger partial charge in [-0.05, 0) is 63.3 Å². The molecule has 0 unspecified atom stereocenters. The normalized spacial score (nSPS) is 17.0. The first kappa shape index (κ1) is 21.9. The highest BCUT2D eigenvalue weighted by molar-refractivity contribution is 5.84. The van der Waals surface area contributed by atoms with Crippen LogP contribution in [0, 0.1) is 0 Å². The van der Waals surface area contributed by atoms with Crippen LogP contribution in [0.4, 0.5) is 0 Å². The number of likely N-dealkylation sites (tertiary alicyclic amines) is 1. The Morgan fingerprint density at radius 2 is 1.77 bits per heavy atom. The second-order valence-electron chi connectivity index (χ2n) is 9.10. The van der Waals surface area contributed by atoms with Gasteiger partial charge in [0.1, 0.15) is 5.75 Å². The van der Waals surface area contributed by atoms with E-state index >= 15 is 0 Å². The Morgan fingerprint density at radius 1 is 1.03 bits per heavy atom. The zero-order valence-corrected chi connectivity index (χ0v) is 19.4. The van der Waals surface area contributed by atoms with E-state index in [4.69, 9.17) is 4.74 Å². The van der Waals surface area contributed by atoms with Crippen molar-refractivity contribution >= 4 is 10.9 Å². The van der Waals surface area contributed by atoms with Crippen molar-refractivity contribution < 1.29 is 4.74 Å². The van der Waals surface area contributed by atoms with Gasteiger partial charge in [-0.1, -0.05) is 30.3 Å². The Hall–Kier alpha value is -2.34. The molecule has 2 aromatic carbocycles. The van der Waals surface area contributed by atoms with Crippen molar-refractivity contribution in [1.82, 2.24) is 19.7 Å². The molecule has 31 heavy (non-hydrogen) atoms. The largest absolute Gasteiger partial charge is 0.497 e. The van der Waals surface area contributed by atoms with Gasteiger partial charge in [-0.15, -0.1) is 0 Å². The van der Waals surface area contributed by atoms with Gasteiger partial charge in [0, 0.05) is 55.4 Å². The molecule has 0 atom stereocenters. The van der Waals surface area contributed by atoms with E-state index in [1.807, 2.05) is 6.07 Å². The lowest BCUT2D eigenvalue weighted by molar-refractivity contribution is 0.0504. The van der Waals surface area contributed by atoms with Crippen molar-refractivity contribution in [2.45, 2.75) is 24.9 Å². The number of nitrogens with one attached hydrogen (secondary N) is 1.